The summed E-state index contributed by atoms with van der Waals surface area (Å²) >= 11 is 0. The van der Waals surface area contributed by atoms with Crippen LogP contribution in [0.3, 0.4) is 0 Å². The Balaban J connectivity index is 2.14. The Morgan fingerprint density at radius 1 is 1.44 bits per heavy atom. The second-order valence-electron chi connectivity index (χ2n) is 4.13. The summed E-state index contributed by atoms with van der Waals surface area (Å²) in [5, 5.41) is 12.2. The number of benzene rings is 1. The summed E-state index contributed by atoms with van der Waals surface area (Å²) in [6, 6.07) is 5.20. The Hall–Kier alpha value is -2.30. The maximum absolute atomic E-state index is 11.0. The van der Waals surface area contributed by atoms with Crippen LogP contribution in [0.1, 0.15) is 27.4 Å². The van der Waals surface area contributed by atoms with Gasteiger partial charge in [-0.3, -0.25) is 0 Å². The lowest BCUT2D eigenvalue weighted by Crippen LogP contribution is -2.05. The van der Waals surface area contributed by atoms with Gasteiger partial charge in [0.05, 0.1) is 24.0 Å². The van der Waals surface area contributed by atoms with Crippen molar-refractivity contribution in [2.75, 3.05) is 5.32 Å². The maximum atomic E-state index is 11.0. The van der Waals surface area contributed by atoms with Gasteiger partial charge in [0, 0.05) is 5.69 Å². The van der Waals surface area contributed by atoms with Gasteiger partial charge in [0.15, 0.2) is 0 Å². The number of nitrogens with zero attached hydrogens (tertiary/aromatic N) is 1. The highest BCUT2D eigenvalue weighted by Gasteiger charge is 2.09. The zero-order valence-electron chi connectivity index (χ0n) is 10.3. The van der Waals surface area contributed by atoms with Crippen molar-refractivity contribution in [2.45, 2.75) is 20.4 Å². The smallest absolute Gasteiger partial charge is 0.336 e. The number of carbonyl (C=O) groups is 1. The molecular weight excluding hydrogens is 230 g/mol. The Bertz CT molecular complexity index is 575. The van der Waals surface area contributed by atoms with Gasteiger partial charge >= 0.3 is 5.97 Å². The fraction of sp³-hybridized carbons (Fsp3) is 0.231. The van der Waals surface area contributed by atoms with Gasteiger partial charge in [-0.25, -0.2) is 9.78 Å². The van der Waals surface area contributed by atoms with Gasteiger partial charge in [0.1, 0.15) is 5.82 Å². The Kier molecular flexibility index (Phi) is 3.32. The molecule has 18 heavy (non-hydrogen) atoms. The highest BCUT2D eigenvalue weighted by atomic mass is 16.4. The quantitative estimate of drug-likeness (QED) is 0.772. The summed E-state index contributed by atoms with van der Waals surface area (Å²) < 4.78 is 0. The molecule has 0 bridgehead atoms. The van der Waals surface area contributed by atoms with E-state index in [2.05, 4.69) is 15.3 Å². The van der Waals surface area contributed by atoms with E-state index in [9.17, 15) is 4.79 Å². The predicted molar refractivity (Wildman–Crippen MR) is 68.8 cm³/mol. The second-order valence-corrected chi connectivity index (χ2v) is 4.13. The van der Waals surface area contributed by atoms with Crippen LogP contribution in [0.5, 0.6) is 0 Å². The summed E-state index contributed by atoms with van der Waals surface area (Å²) in [4.78, 5) is 18.2. The summed E-state index contributed by atoms with van der Waals surface area (Å²) in [6.07, 6.45) is 1.76. The molecule has 1 aromatic heterocycles. The Morgan fingerprint density at radius 2 is 2.22 bits per heavy atom. The lowest BCUT2D eigenvalue weighted by Gasteiger charge is -2.10. The van der Waals surface area contributed by atoms with E-state index >= 15 is 0 Å². The molecule has 1 heterocycles. The normalized spacial score (nSPS) is 10.3. The van der Waals surface area contributed by atoms with E-state index in [1.54, 1.807) is 25.3 Å². The van der Waals surface area contributed by atoms with E-state index in [0.29, 0.717) is 12.1 Å². The number of imidazole rings is 1. The third kappa shape index (κ3) is 2.51. The average Bonchev–Trinajstić information content (AvgIpc) is 2.73. The highest BCUT2D eigenvalue weighted by molar-refractivity contribution is 5.91. The van der Waals surface area contributed by atoms with E-state index in [4.69, 9.17) is 5.11 Å². The van der Waals surface area contributed by atoms with E-state index < -0.39 is 5.97 Å². The monoisotopic (exact) mass is 245 g/mol. The first-order valence-electron chi connectivity index (χ1n) is 5.65. The van der Waals surface area contributed by atoms with Crippen molar-refractivity contribution < 1.29 is 9.90 Å². The minimum Gasteiger partial charge on any atom is -0.478 e. The third-order valence-corrected chi connectivity index (χ3v) is 2.79. The van der Waals surface area contributed by atoms with Gasteiger partial charge in [-0.2, -0.15) is 0 Å². The first kappa shape index (κ1) is 12.2. The summed E-state index contributed by atoms with van der Waals surface area (Å²) in [5.41, 5.74) is 2.84. The molecule has 5 heteroatoms. The van der Waals surface area contributed by atoms with Crippen molar-refractivity contribution in [3.63, 3.8) is 0 Å². The number of aromatic amines is 1. The number of nitrogens with one attached hydrogen (secondary N) is 2. The third-order valence-electron chi connectivity index (χ3n) is 2.79. The molecule has 0 radical (unpaired) electrons. The van der Waals surface area contributed by atoms with Crippen molar-refractivity contribution in [1.82, 2.24) is 9.97 Å². The highest BCUT2D eigenvalue weighted by Crippen LogP contribution is 2.19. The average molecular weight is 245 g/mol. The lowest BCUT2D eigenvalue weighted by atomic mass is 10.1. The van der Waals surface area contributed by atoms with Crippen molar-refractivity contribution >= 4 is 11.7 Å². The molecule has 0 unspecified atom stereocenters. The molecular formula is C13H15N3O2. The number of anilines is 1. The first-order valence-corrected chi connectivity index (χ1v) is 5.65. The standard InChI is InChI=1S/C13H15N3O2/c1-8-11(13(17)18)4-3-5-12(8)15-7-10-6-14-9(2)16-10/h3-6,15H,7H2,1-2H3,(H,14,16)(H,17,18). The molecule has 2 aromatic rings. The fourth-order valence-electron chi connectivity index (χ4n) is 1.81. The van der Waals surface area contributed by atoms with Crippen LogP contribution in [0.4, 0.5) is 5.69 Å². The van der Waals surface area contributed by atoms with E-state index in [-0.39, 0.29) is 0 Å². The zero-order chi connectivity index (χ0) is 13.1. The van der Waals surface area contributed by atoms with Crippen LogP contribution in [-0.4, -0.2) is 21.0 Å². The van der Waals surface area contributed by atoms with Crippen molar-refractivity contribution in [2.24, 2.45) is 0 Å². The van der Waals surface area contributed by atoms with Crippen LogP contribution in [0.2, 0.25) is 0 Å². The van der Waals surface area contributed by atoms with Crippen LogP contribution in [0.15, 0.2) is 24.4 Å². The summed E-state index contributed by atoms with van der Waals surface area (Å²) in [5.74, 6) is -0.0451. The van der Waals surface area contributed by atoms with Crippen LogP contribution in [0, 0.1) is 13.8 Å². The molecule has 0 spiro atoms. The molecule has 1 aromatic carbocycles. The largest absolute Gasteiger partial charge is 0.478 e. The number of carboxylic acids is 1. The molecule has 0 saturated heterocycles. The molecule has 3 N–H and O–H groups in total. The molecule has 0 aliphatic rings. The minimum absolute atomic E-state index is 0.320. The number of H-pyrrole nitrogens is 1. The summed E-state index contributed by atoms with van der Waals surface area (Å²) in [6.45, 7) is 4.27. The van der Waals surface area contributed by atoms with Crippen molar-refractivity contribution in [3.05, 3.63) is 47.0 Å². The van der Waals surface area contributed by atoms with Gasteiger partial charge in [-0.05, 0) is 31.5 Å². The number of aryl methyl sites for hydroxylation is 1. The predicted octanol–water partition coefficient (Wildman–Crippen LogP) is 2.34. The molecule has 0 aliphatic carbocycles. The van der Waals surface area contributed by atoms with E-state index in [1.165, 1.54) is 0 Å². The minimum atomic E-state index is -0.909. The maximum Gasteiger partial charge on any atom is 0.336 e. The zero-order valence-corrected chi connectivity index (χ0v) is 10.3. The molecule has 5 nitrogen and oxygen atoms in total. The van der Waals surface area contributed by atoms with E-state index in [1.807, 2.05) is 13.0 Å². The Morgan fingerprint density at radius 3 is 2.83 bits per heavy atom. The van der Waals surface area contributed by atoms with Crippen LogP contribution in [-0.2, 0) is 6.54 Å². The number of aromatic nitrogens is 2. The van der Waals surface area contributed by atoms with Crippen molar-refractivity contribution in [1.29, 1.82) is 0 Å². The van der Waals surface area contributed by atoms with Gasteiger partial charge < -0.3 is 15.4 Å². The number of aromatic carboxylic acids is 1. The molecule has 0 aliphatic heterocycles. The topological polar surface area (TPSA) is 78.0 Å². The summed E-state index contributed by atoms with van der Waals surface area (Å²) in [7, 11) is 0. The lowest BCUT2D eigenvalue weighted by molar-refractivity contribution is 0.0696. The molecule has 0 atom stereocenters. The molecule has 2 rings (SSSR count). The number of hydrogen-bond acceptors (Lipinski definition) is 3. The Labute approximate surface area is 105 Å². The van der Waals surface area contributed by atoms with Crippen molar-refractivity contribution in [3.8, 4) is 0 Å². The van der Waals surface area contributed by atoms with Crippen LogP contribution in [0.25, 0.3) is 0 Å². The van der Waals surface area contributed by atoms with Gasteiger partial charge in [-0.15, -0.1) is 0 Å². The van der Waals surface area contributed by atoms with E-state index in [0.717, 1.165) is 22.8 Å². The molecule has 94 valence electrons. The molecule has 0 saturated carbocycles. The first-order chi connectivity index (χ1) is 8.58. The fourth-order valence-corrected chi connectivity index (χ4v) is 1.81. The molecule has 0 fully saturated rings. The van der Waals surface area contributed by atoms with Gasteiger partial charge in [0.2, 0.25) is 0 Å². The molecule has 0 amide bonds. The van der Waals surface area contributed by atoms with Gasteiger partial charge in [-0.1, -0.05) is 6.07 Å². The number of rotatable bonds is 4. The number of hydrogen-bond donors (Lipinski definition) is 3. The van der Waals surface area contributed by atoms with Crippen LogP contribution < -0.4 is 5.32 Å². The van der Waals surface area contributed by atoms with Gasteiger partial charge in [0.25, 0.3) is 0 Å². The second kappa shape index (κ2) is 4.91. The van der Waals surface area contributed by atoms with Crippen LogP contribution >= 0.6 is 0 Å². The SMILES string of the molecule is Cc1ncc(CNc2cccc(C(=O)O)c2C)[nH]1. The number of carboxylic acid groups (broad SMARTS) is 1.